The fourth-order valence-corrected chi connectivity index (χ4v) is 4.35. The van der Waals surface area contributed by atoms with Crippen molar-refractivity contribution in [2.45, 2.75) is 32.2 Å². The standard InChI is InChI=1S/C20H19BrN2O2S/c1-13-16(22-20(25-13)18-5-3-11-26-18)12-19(24)23-10-2-4-17(23)14-6-8-15(21)9-7-14/h3,5-9,11,17H,2,4,10,12H2,1H3. The second kappa shape index (κ2) is 7.37. The first-order valence-corrected chi connectivity index (χ1v) is 10.3. The lowest BCUT2D eigenvalue weighted by atomic mass is 10.0. The number of rotatable bonds is 4. The van der Waals surface area contributed by atoms with Crippen LogP contribution < -0.4 is 0 Å². The van der Waals surface area contributed by atoms with Gasteiger partial charge in [-0.1, -0.05) is 34.1 Å². The summed E-state index contributed by atoms with van der Waals surface area (Å²) in [6.45, 7) is 2.68. The molecule has 0 N–H and O–H groups in total. The summed E-state index contributed by atoms with van der Waals surface area (Å²) < 4.78 is 6.82. The van der Waals surface area contributed by atoms with Gasteiger partial charge in [0, 0.05) is 11.0 Å². The van der Waals surface area contributed by atoms with Crippen molar-refractivity contribution >= 4 is 33.2 Å². The maximum atomic E-state index is 13.0. The van der Waals surface area contributed by atoms with Gasteiger partial charge in [-0.25, -0.2) is 4.98 Å². The molecule has 1 aromatic carbocycles. The summed E-state index contributed by atoms with van der Waals surface area (Å²) in [5.74, 6) is 1.44. The zero-order valence-electron chi connectivity index (χ0n) is 14.4. The third-order valence-electron chi connectivity index (χ3n) is 4.77. The van der Waals surface area contributed by atoms with Crippen LogP contribution in [0.25, 0.3) is 10.8 Å². The van der Waals surface area contributed by atoms with E-state index < -0.39 is 0 Å². The number of carbonyl (C=O) groups excluding carboxylic acids is 1. The lowest BCUT2D eigenvalue weighted by Crippen LogP contribution is -2.32. The van der Waals surface area contributed by atoms with E-state index in [4.69, 9.17) is 4.42 Å². The Morgan fingerprint density at radius 1 is 1.35 bits per heavy atom. The highest BCUT2D eigenvalue weighted by atomic mass is 79.9. The Labute approximate surface area is 165 Å². The molecule has 3 aromatic rings. The van der Waals surface area contributed by atoms with Crippen LogP contribution in [0.15, 0.2) is 50.7 Å². The van der Waals surface area contributed by atoms with Crippen LogP contribution in [-0.4, -0.2) is 22.3 Å². The quantitative estimate of drug-likeness (QED) is 0.557. The molecule has 1 amide bonds. The van der Waals surface area contributed by atoms with E-state index in [1.54, 1.807) is 11.3 Å². The number of nitrogens with zero attached hydrogens (tertiary/aromatic N) is 2. The van der Waals surface area contributed by atoms with Crippen LogP contribution in [0.5, 0.6) is 0 Å². The smallest absolute Gasteiger partial charge is 0.236 e. The van der Waals surface area contributed by atoms with Gasteiger partial charge < -0.3 is 9.32 Å². The highest BCUT2D eigenvalue weighted by Crippen LogP contribution is 2.33. The van der Waals surface area contributed by atoms with E-state index in [9.17, 15) is 4.79 Å². The van der Waals surface area contributed by atoms with Crippen molar-refractivity contribution in [2.75, 3.05) is 6.54 Å². The molecule has 1 atom stereocenters. The number of benzene rings is 1. The maximum absolute atomic E-state index is 13.0. The normalized spacial score (nSPS) is 17.0. The molecule has 0 aliphatic carbocycles. The highest BCUT2D eigenvalue weighted by Gasteiger charge is 2.30. The summed E-state index contributed by atoms with van der Waals surface area (Å²) >= 11 is 5.06. The molecule has 26 heavy (non-hydrogen) atoms. The highest BCUT2D eigenvalue weighted by molar-refractivity contribution is 9.10. The first-order chi connectivity index (χ1) is 12.6. The average Bonchev–Trinajstić information content (AvgIpc) is 3.36. The van der Waals surface area contributed by atoms with Crippen LogP contribution in [0.3, 0.4) is 0 Å². The molecular weight excluding hydrogens is 412 g/mol. The molecule has 1 aliphatic rings. The number of hydrogen-bond donors (Lipinski definition) is 0. The molecule has 3 heterocycles. The number of carbonyl (C=O) groups is 1. The van der Waals surface area contributed by atoms with Gasteiger partial charge in [0.15, 0.2) is 0 Å². The Kier molecular flexibility index (Phi) is 4.96. The first kappa shape index (κ1) is 17.5. The minimum absolute atomic E-state index is 0.115. The summed E-state index contributed by atoms with van der Waals surface area (Å²) in [5, 5.41) is 1.99. The van der Waals surface area contributed by atoms with Gasteiger partial charge in [0.2, 0.25) is 11.8 Å². The number of amides is 1. The van der Waals surface area contributed by atoms with E-state index in [0.29, 0.717) is 5.89 Å². The molecule has 6 heteroatoms. The molecular formula is C20H19BrN2O2S. The van der Waals surface area contributed by atoms with Gasteiger partial charge >= 0.3 is 0 Å². The monoisotopic (exact) mass is 430 g/mol. The van der Waals surface area contributed by atoms with Crippen molar-refractivity contribution in [1.29, 1.82) is 0 Å². The molecule has 1 aliphatic heterocycles. The number of aryl methyl sites for hydroxylation is 1. The summed E-state index contributed by atoms with van der Waals surface area (Å²) in [6, 6.07) is 12.4. The predicted molar refractivity (Wildman–Crippen MR) is 106 cm³/mol. The minimum Gasteiger partial charge on any atom is -0.440 e. The van der Waals surface area contributed by atoms with Crippen molar-refractivity contribution < 1.29 is 9.21 Å². The third kappa shape index (κ3) is 3.48. The zero-order chi connectivity index (χ0) is 18.1. The maximum Gasteiger partial charge on any atom is 0.236 e. The van der Waals surface area contributed by atoms with Gasteiger partial charge in [-0.3, -0.25) is 4.79 Å². The molecule has 0 bridgehead atoms. The zero-order valence-corrected chi connectivity index (χ0v) is 16.8. The van der Waals surface area contributed by atoms with E-state index in [1.165, 1.54) is 5.56 Å². The summed E-state index contributed by atoms with van der Waals surface area (Å²) in [6.07, 6.45) is 2.32. The van der Waals surface area contributed by atoms with E-state index in [1.807, 2.05) is 41.5 Å². The fourth-order valence-electron chi connectivity index (χ4n) is 3.44. The molecule has 4 nitrogen and oxygen atoms in total. The molecule has 0 spiro atoms. The fraction of sp³-hybridized carbons (Fsp3) is 0.300. The predicted octanol–water partition coefficient (Wildman–Crippen LogP) is 5.38. The third-order valence-corrected chi connectivity index (χ3v) is 6.16. The molecule has 1 fully saturated rings. The number of thiophene rings is 1. The minimum atomic E-state index is 0.115. The van der Waals surface area contributed by atoms with Crippen LogP contribution in [0.2, 0.25) is 0 Å². The Morgan fingerprint density at radius 3 is 2.88 bits per heavy atom. The molecule has 0 radical (unpaired) electrons. The van der Waals surface area contributed by atoms with Gasteiger partial charge in [-0.2, -0.15) is 0 Å². The van der Waals surface area contributed by atoms with Crippen LogP contribution in [-0.2, 0) is 11.2 Å². The number of aromatic nitrogens is 1. The van der Waals surface area contributed by atoms with Crippen molar-refractivity contribution in [2.24, 2.45) is 0 Å². The van der Waals surface area contributed by atoms with Crippen molar-refractivity contribution in [3.05, 3.63) is 63.3 Å². The Balaban J connectivity index is 1.51. The molecule has 0 saturated carbocycles. The first-order valence-electron chi connectivity index (χ1n) is 8.67. The Morgan fingerprint density at radius 2 is 2.15 bits per heavy atom. The summed E-state index contributed by atoms with van der Waals surface area (Å²) in [4.78, 5) is 20.5. The van der Waals surface area contributed by atoms with Gasteiger partial charge in [0.05, 0.1) is 23.0 Å². The molecule has 1 unspecified atom stereocenters. The van der Waals surface area contributed by atoms with Crippen LogP contribution >= 0.6 is 27.3 Å². The van der Waals surface area contributed by atoms with Crippen LogP contribution in [0.4, 0.5) is 0 Å². The van der Waals surface area contributed by atoms with E-state index in [0.717, 1.165) is 40.2 Å². The number of oxazole rings is 1. The van der Waals surface area contributed by atoms with Crippen molar-refractivity contribution in [3.8, 4) is 10.8 Å². The van der Waals surface area contributed by atoms with Crippen molar-refractivity contribution in [1.82, 2.24) is 9.88 Å². The van der Waals surface area contributed by atoms with Crippen LogP contribution in [0.1, 0.15) is 35.9 Å². The molecule has 2 aromatic heterocycles. The topological polar surface area (TPSA) is 46.3 Å². The molecule has 134 valence electrons. The van der Waals surface area contributed by atoms with Crippen molar-refractivity contribution in [3.63, 3.8) is 0 Å². The number of halogens is 1. The number of likely N-dealkylation sites (tertiary alicyclic amines) is 1. The number of hydrogen-bond acceptors (Lipinski definition) is 4. The lowest BCUT2D eigenvalue weighted by molar-refractivity contribution is -0.131. The van der Waals surface area contributed by atoms with E-state index >= 15 is 0 Å². The van der Waals surface area contributed by atoms with Gasteiger partial charge in [-0.15, -0.1) is 11.3 Å². The van der Waals surface area contributed by atoms with Crippen LogP contribution in [0, 0.1) is 6.92 Å². The van der Waals surface area contributed by atoms with Gasteiger partial charge in [0.1, 0.15) is 5.76 Å². The van der Waals surface area contributed by atoms with Gasteiger partial charge in [-0.05, 0) is 48.9 Å². The Bertz CT molecular complexity index is 903. The lowest BCUT2D eigenvalue weighted by Gasteiger charge is -2.25. The Hall–Kier alpha value is -1.92. The average molecular weight is 431 g/mol. The second-order valence-electron chi connectivity index (χ2n) is 6.47. The molecule has 1 saturated heterocycles. The van der Waals surface area contributed by atoms with E-state index in [-0.39, 0.29) is 18.4 Å². The van der Waals surface area contributed by atoms with Gasteiger partial charge in [0.25, 0.3) is 0 Å². The van der Waals surface area contributed by atoms with E-state index in [2.05, 4.69) is 33.0 Å². The SMILES string of the molecule is Cc1oc(-c2cccs2)nc1CC(=O)N1CCCC1c1ccc(Br)cc1. The molecule has 4 rings (SSSR count). The summed E-state index contributed by atoms with van der Waals surface area (Å²) in [7, 11) is 0. The second-order valence-corrected chi connectivity index (χ2v) is 8.34. The largest absolute Gasteiger partial charge is 0.440 e. The summed E-state index contributed by atoms with van der Waals surface area (Å²) in [5.41, 5.74) is 1.93.